The summed E-state index contributed by atoms with van der Waals surface area (Å²) < 4.78 is 0. The molecule has 1 rings (SSSR count). The summed E-state index contributed by atoms with van der Waals surface area (Å²) in [6, 6.07) is 1.31. The first-order chi connectivity index (χ1) is 15.2. The van der Waals surface area contributed by atoms with Gasteiger partial charge in [0.1, 0.15) is 11.9 Å². The number of carbonyl (C=O) groups is 1. The number of aromatic nitrogens is 1. The Morgan fingerprint density at radius 1 is 1.06 bits per heavy atom. The van der Waals surface area contributed by atoms with Crippen LogP contribution < -0.4 is 5.32 Å². The van der Waals surface area contributed by atoms with Crippen molar-refractivity contribution < 1.29 is 9.90 Å². The van der Waals surface area contributed by atoms with Crippen LogP contribution in [0.3, 0.4) is 0 Å². The maximum absolute atomic E-state index is 11.6. The topological polar surface area (TPSA) is 65.1 Å². The molecule has 4 nitrogen and oxygen atoms in total. The third-order valence-electron chi connectivity index (χ3n) is 5.05. The van der Waals surface area contributed by atoms with Crippen LogP contribution >= 0.6 is 11.8 Å². The molecule has 5 heteroatoms. The van der Waals surface area contributed by atoms with Crippen LogP contribution in [0.15, 0.2) is 58.9 Å². The Balaban J connectivity index is 2.57. The minimum atomic E-state index is -0.827. The van der Waals surface area contributed by atoms with Crippen molar-refractivity contribution in [3.05, 3.63) is 64.4 Å². The molecule has 0 radical (unpaired) electrons. The summed E-state index contributed by atoms with van der Waals surface area (Å²) in [5.41, 5.74) is 6.66. The van der Waals surface area contributed by atoms with E-state index in [1.165, 1.54) is 22.3 Å². The molecule has 0 aromatic carbocycles. The second-order valence-corrected chi connectivity index (χ2v) is 10.00. The number of carboxylic acid groups (broad SMARTS) is 1. The highest BCUT2D eigenvalue weighted by molar-refractivity contribution is 7.99. The number of hydrogen-bond donors (Lipinski definition) is 3. The van der Waals surface area contributed by atoms with E-state index in [2.05, 4.69) is 69.2 Å². The number of aryl methyl sites for hydroxylation is 1. The molecular weight excluding hydrogens is 416 g/mol. The molecule has 0 bridgehead atoms. The van der Waals surface area contributed by atoms with Crippen LogP contribution in [-0.2, 0) is 4.79 Å². The van der Waals surface area contributed by atoms with Crippen LogP contribution in [0.1, 0.15) is 72.3 Å². The standard InChI is InChI=1S/C27H42N2O2S/c1-20(2)9-7-10-22(5)11-8-12-24(14-13-21(3)4)15-16-32-19-25(27(30)31)29-26-17-23(6)18-28-26/h9,11,13,15,17-18,25,28-29H,7-8,10,12,14,16,19H2,1-6H3,(H,30,31). The number of rotatable bonds is 15. The van der Waals surface area contributed by atoms with Crippen LogP contribution in [0.4, 0.5) is 5.82 Å². The number of carboxylic acids is 1. The number of aromatic amines is 1. The van der Waals surface area contributed by atoms with E-state index in [-0.39, 0.29) is 0 Å². The molecular formula is C27H42N2O2S. The summed E-state index contributed by atoms with van der Waals surface area (Å²) in [4.78, 5) is 14.7. The number of thioether (sulfide) groups is 1. The number of anilines is 1. The summed E-state index contributed by atoms with van der Waals surface area (Å²) in [6.45, 7) is 12.8. The Hall–Kier alpha value is -2.14. The van der Waals surface area contributed by atoms with Gasteiger partial charge in [-0.25, -0.2) is 4.79 Å². The molecule has 0 saturated carbocycles. The van der Waals surface area contributed by atoms with Gasteiger partial charge >= 0.3 is 5.97 Å². The maximum Gasteiger partial charge on any atom is 0.327 e. The van der Waals surface area contributed by atoms with Crippen molar-refractivity contribution >= 4 is 23.5 Å². The first-order valence-corrected chi connectivity index (χ1v) is 12.6. The fourth-order valence-electron chi connectivity index (χ4n) is 3.13. The van der Waals surface area contributed by atoms with Gasteiger partial charge in [-0.05, 0) is 85.3 Å². The lowest BCUT2D eigenvalue weighted by Crippen LogP contribution is -2.31. The fraction of sp³-hybridized carbons (Fsp3) is 0.519. The molecule has 0 amide bonds. The van der Waals surface area contributed by atoms with Gasteiger partial charge in [0.15, 0.2) is 0 Å². The number of nitrogens with one attached hydrogen (secondary N) is 2. The van der Waals surface area contributed by atoms with Gasteiger partial charge in [0.2, 0.25) is 0 Å². The van der Waals surface area contributed by atoms with E-state index in [0.717, 1.165) is 49.2 Å². The average Bonchev–Trinajstić information content (AvgIpc) is 3.11. The summed E-state index contributed by atoms with van der Waals surface area (Å²) >= 11 is 1.66. The monoisotopic (exact) mass is 458 g/mol. The lowest BCUT2D eigenvalue weighted by molar-refractivity contribution is -0.137. The Morgan fingerprint density at radius 2 is 1.75 bits per heavy atom. The van der Waals surface area contributed by atoms with E-state index >= 15 is 0 Å². The van der Waals surface area contributed by atoms with E-state index in [9.17, 15) is 9.90 Å². The summed E-state index contributed by atoms with van der Waals surface area (Å²) in [5.74, 6) is 1.27. The predicted octanol–water partition coefficient (Wildman–Crippen LogP) is 7.68. The third-order valence-corrected chi connectivity index (χ3v) is 6.02. The van der Waals surface area contributed by atoms with Gasteiger partial charge in [0.05, 0.1) is 0 Å². The van der Waals surface area contributed by atoms with E-state index in [0.29, 0.717) is 5.75 Å². The molecule has 0 fully saturated rings. The zero-order valence-electron chi connectivity index (χ0n) is 20.8. The van der Waals surface area contributed by atoms with Gasteiger partial charge in [-0.3, -0.25) is 0 Å². The van der Waals surface area contributed by atoms with Gasteiger partial charge in [0.25, 0.3) is 0 Å². The predicted molar refractivity (Wildman–Crippen MR) is 142 cm³/mol. The zero-order valence-corrected chi connectivity index (χ0v) is 21.6. The molecule has 1 heterocycles. The smallest absolute Gasteiger partial charge is 0.327 e. The molecule has 0 aliphatic carbocycles. The van der Waals surface area contributed by atoms with Crippen molar-refractivity contribution in [2.24, 2.45) is 0 Å². The quantitative estimate of drug-likeness (QED) is 0.186. The Bertz CT molecular complexity index is 822. The first-order valence-electron chi connectivity index (χ1n) is 11.5. The normalized spacial score (nSPS) is 12.9. The molecule has 32 heavy (non-hydrogen) atoms. The molecule has 1 aromatic rings. The van der Waals surface area contributed by atoms with Gasteiger partial charge in [-0.2, -0.15) is 11.8 Å². The van der Waals surface area contributed by atoms with E-state index in [1.54, 1.807) is 11.8 Å². The summed E-state index contributed by atoms with van der Waals surface area (Å²) in [7, 11) is 0. The van der Waals surface area contributed by atoms with Crippen molar-refractivity contribution in [3.8, 4) is 0 Å². The van der Waals surface area contributed by atoms with Crippen molar-refractivity contribution in [3.63, 3.8) is 0 Å². The fourth-order valence-corrected chi connectivity index (χ4v) is 4.08. The van der Waals surface area contributed by atoms with Crippen LogP contribution in [0.2, 0.25) is 0 Å². The van der Waals surface area contributed by atoms with E-state index in [1.807, 2.05) is 19.2 Å². The molecule has 1 aromatic heterocycles. The maximum atomic E-state index is 11.6. The van der Waals surface area contributed by atoms with Crippen LogP contribution in [-0.4, -0.2) is 33.6 Å². The van der Waals surface area contributed by atoms with Gasteiger partial charge in [-0.15, -0.1) is 0 Å². The molecule has 178 valence electrons. The molecule has 0 spiro atoms. The van der Waals surface area contributed by atoms with Gasteiger partial charge in [-0.1, -0.05) is 46.6 Å². The lowest BCUT2D eigenvalue weighted by atomic mass is 10.0. The Morgan fingerprint density at radius 3 is 2.34 bits per heavy atom. The SMILES string of the molecule is CC(C)=CCCC(C)=CCCC(=CCSCC(Nc1cc(C)c[nH]1)C(=O)O)CC=C(C)C. The molecule has 1 atom stereocenters. The van der Waals surface area contributed by atoms with Gasteiger partial charge < -0.3 is 15.4 Å². The van der Waals surface area contributed by atoms with E-state index < -0.39 is 12.0 Å². The molecule has 0 aliphatic rings. The first kappa shape index (κ1) is 27.9. The lowest BCUT2D eigenvalue weighted by Gasteiger charge is -2.14. The second-order valence-electron chi connectivity index (χ2n) is 8.92. The average molecular weight is 459 g/mol. The van der Waals surface area contributed by atoms with Crippen LogP contribution in [0, 0.1) is 6.92 Å². The second kappa shape index (κ2) is 15.6. The number of allylic oxidation sites excluding steroid dienone is 7. The van der Waals surface area contributed by atoms with Gasteiger partial charge in [0, 0.05) is 17.7 Å². The molecule has 3 N–H and O–H groups in total. The van der Waals surface area contributed by atoms with Crippen LogP contribution in [0.25, 0.3) is 0 Å². The van der Waals surface area contributed by atoms with Crippen molar-refractivity contribution in [2.45, 2.75) is 79.7 Å². The number of aliphatic carboxylic acids is 1. The minimum absolute atomic E-state index is 0.517. The van der Waals surface area contributed by atoms with Crippen LogP contribution in [0.5, 0.6) is 0 Å². The molecule has 0 aliphatic heterocycles. The van der Waals surface area contributed by atoms with Crippen molar-refractivity contribution in [1.82, 2.24) is 4.98 Å². The summed E-state index contributed by atoms with van der Waals surface area (Å²) in [5, 5.41) is 12.6. The van der Waals surface area contributed by atoms with E-state index in [4.69, 9.17) is 0 Å². The largest absolute Gasteiger partial charge is 0.480 e. The van der Waals surface area contributed by atoms with Crippen molar-refractivity contribution in [2.75, 3.05) is 16.8 Å². The zero-order chi connectivity index (χ0) is 23.9. The minimum Gasteiger partial charge on any atom is -0.480 e. The number of H-pyrrole nitrogens is 1. The Labute approximate surface area is 199 Å². The number of hydrogen-bond acceptors (Lipinski definition) is 3. The molecule has 0 saturated heterocycles. The highest BCUT2D eigenvalue weighted by Crippen LogP contribution is 2.18. The van der Waals surface area contributed by atoms with Crippen molar-refractivity contribution in [1.29, 1.82) is 0 Å². The summed E-state index contributed by atoms with van der Waals surface area (Å²) in [6.07, 6.45) is 16.4. The molecule has 1 unspecified atom stereocenters. The Kier molecular flexibility index (Phi) is 13.6. The third kappa shape index (κ3) is 13.3. The highest BCUT2D eigenvalue weighted by atomic mass is 32.2. The highest BCUT2D eigenvalue weighted by Gasteiger charge is 2.17.